The number of halogens is 2. The third-order valence-corrected chi connectivity index (χ3v) is 4.71. The number of aromatic nitrogens is 1. The molecule has 0 saturated heterocycles. The topological polar surface area (TPSA) is 59.5 Å². The summed E-state index contributed by atoms with van der Waals surface area (Å²) in [6, 6.07) is 7.41. The van der Waals surface area contributed by atoms with E-state index in [1.807, 2.05) is 0 Å². The van der Waals surface area contributed by atoms with Gasteiger partial charge in [0.15, 0.2) is 0 Å². The van der Waals surface area contributed by atoms with E-state index in [0.29, 0.717) is 6.07 Å². The number of benzene rings is 1. The Balaban J connectivity index is 2.29. The maximum Gasteiger partial charge on any atom is 0.240 e. The molecule has 1 aromatic carbocycles. The molecule has 0 aliphatic carbocycles. The smallest absolute Gasteiger partial charge is 0.240 e. The fraction of sp³-hybridized carbons (Fsp3) is 0.214. The Morgan fingerprint density at radius 1 is 1.23 bits per heavy atom. The molecule has 0 atom stereocenters. The Bertz CT molecular complexity index is 781. The Hall–Kier alpha value is -2.22. The molecule has 0 spiro atoms. The van der Waals surface area contributed by atoms with Gasteiger partial charge in [0.05, 0.1) is 12.9 Å². The lowest BCUT2D eigenvalue weighted by Gasteiger charge is -2.19. The van der Waals surface area contributed by atoms with Crippen molar-refractivity contribution in [1.29, 1.82) is 0 Å². The van der Waals surface area contributed by atoms with E-state index < -0.39 is 27.4 Å². The maximum atomic E-state index is 13.6. The average Bonchev–Trinajstić information content (AvgIpc) is 2.49. The largest absolute Gasteiger partial charge is 0.481 e. The molecule has 1 heterocycles. The number of pyridine rings is 1. The molecule has 22 heavy (non-hydrogen) atoms. The summed E-state index contributed by atoms with van der Waals surface area (Å²) in [6.07, 6.45) is 0. The Kier molecular flexibility index (Phi) is 4.60. The Morgan fingerprint density at radius 2 is 1.95 bits per heavy atom. The van der Waals surface area contributed by atoms with Gasteiger partial charge >= 0.3 is 0 Å². The van der Waals surface area contributed by atoms with Crippen molar-refractivity contribution in [1.82, 2.24) is 4.98 Å². The molecule has 0 unspecified atom stereocenters. The van der Waals surface area contributed by atoms with Gasteiger partial charge in [-0.15, -0.1) is 0 Å². The van der Waals surface area contributed by atoms with Gasteiger partial charge in [0.25, 0.3) is 0 Å². The number of anilines is 1. The number of rotatable bonds is 5. The number of nitrogens with zero attached hydrogens (tertiary/aromatic N) is 2. The average molecular weight is 328 g/mol. The zero-order valence-corrected chi connectivity index (χ0v) is 12.8. The van der Waals surface area contributed by atoms with Gasteiger partial charge in [-0.2, -0.15) is 4.98 Å². The number of methoxy groups -OCH3 is 1. The van der Waals surface area contributed by atoms with Crippen molar-refractivity contribution in [2.75, 3.05) is 18.5 Å². The van der Waals surface area contributed by atoms with Gasteiger partial charge in [0, 0.05) is 24.7 Å². The lowest BCUT2D eigenvalue weighted by Crippen LogP contribution is -2.29. The van der Waals surface area contributed by atoms with Crippen LogP contribution in [0.25, 0.3) is 0 Å². The van der Waals surface area contributed by atoms with Crippen molar-refractivity contribution in [2.24, 2.45) is 0 Å². The van der Waals surface area contributed by atoms with Crippen LogP contribution in [0.1, 0.15) is 5.56 Å². The van der Waals surface area contributed by atoms with E-state index in [-0.39, 0.29) is 17.3 Å². The van der Waals surface area contributed by atoms with Crippen LogP contribution < -0.4 is 9.04 Å². The molecular formula is C14H14F2N2O3S. The van der Waals surface area contributed by atoms with Crippen LogP contribution in [0.5, 0.6) is 5.88 Å². The molecular weight excluding hydrogens is 314 g/mol. The summed E-state index contributed by atoms with van der Waals surface area (Å²) < 4.78 is 57.0. The molecule has 2 aromatic rings. The van der Waals surface area contributed by atoms with Crippen LogP contribution in [0.4, 0.5) is 14.6 Å². The second-order valence-electron chi connectivity index (χ2n) is 4.50. The fourth-order valence-corrected chi connectivity index (χ4v) is 2.98. The summed E-state index contributed by atoms with van der Waals surface area (Å²) >= 11 is 0. The van der Waals surface area contributed by atoms with Crippen molar-refractivity contribution in [3.05, 3.63) is 53.6 Å². The van der Waals surface area contributed by atoms with Crippen molar-refractivity contribution in [3.63, 3.8) is 0 Å². The Labute approximate surface area is 127 Å². The van der Waals surface area contributed by atoms with E-state index in [9.17, 15) is 17.2 Å². The summed E-state index contributed by atoms with van der Waals surface area (Å²) in [6.45, 7) is 0. The molecule has 5 nitrogen and oxygen atoms in total. The SMILES string of the molecule is COc1cccc(N(C)S(=O)(=O)Cc2ccc(F)cc2F)n1. The van der Waals surface area contributed by atoms with E-state index in [1.165, 1.54) is 20.2 Å². The fourth-order valence-electron chi connectivity index (χ4n) is 1.77. The zero-order valence-electron chi connectivity index (χ0n) is 12.0. The molecule has 8 heteroatoms. The molecule has 0 saturated carbocycles. The monoisotopic (exact) mass is 328 g/mol. The van der Waals surface area contributed by atoms with Crippen molar-refractivity contribution < 1.29 is 21.9 Å². The first-order valence-electron chi connectivity index (χ1n) is 6.25. The first kappa shape index (κ1) is 16.2. The van der Waals surface area contributed by atoms with Gasteiger partial charge in [-0.05, 0) is 12.1 Å². The summed E-state index contributed by atoms with van der Waals surface area (Å²) in [5.74, 6) is -1.87. The molecule has 2 rings (SSSR count). The van der Waals surface area contributed by atoms with E-state index in [2.05, 4.69) is 4.98 Å². The predicted octanol–water partition coefficient (Wildman–Crippen LogP) is 2.33. The summed E-state index contributed by atoms with van der Waals surface area (Å²) in [7, 11) is -1.16. The van der Waals surface area contributed by atoms with E-state index in [0.717, 1.165) is 16.4 Å². The molecule has 1 aromatic heterocycles. The maximum absolute atomic E-state index is 13.6. The van der Waals surface area contributed by atoms with Crippen LogP contribution in [-0.2, 0) is 15.8 Å². The standard InChI is InChI=1S/C14H14F2N2O3S/c1-18(13-4-3-5-14(17-13)21-2)22(19,20)9-10-6-7-11(15)8-12(10)16/h3-8H,9H2,1-2H3. The molecule has 0 bridgehead atoms. The summed E-state index contributed by atoms with van der Waals surface area (Å²) in [4.78, 5) is 4.01. The Morgan fingerprint density at radius 3 is 2.59 bits per heavy atom. The molecule has 0 N–H and O–H groups in total. The van der Waals surface area contributed by atoms with Gasteiger partial charge < -0.3 is 4.74 Å². The van der Waals surface area contributed by atoms with Gasteiger partial charge in [-0.1, -0.05) is 12.1 Å². The third kappa shape index (κ3) is 3.51. The lowest BCUT2D eigenvalue weighted by molar-refractivity contribution is 0.398. The highest BCUT2D eigenvalue weighted by atomic mass is 32.2. The minimum atomic E-state index is -3.87. The van der Waals surface area contributed by atoms with Crippen LogP contribution in [0.3, 0.4) is 0 Å². The van der Waals surface area contributed by atoms with Crippen LogP contribution in [0.15, 0.2) is 36.4 Å². The van der Waals surface area contributed by atoms with E-state index >= 15 is 0 Å². The summed E-state index contributed by atoms with van der Waals surface area (Å²) in [5, 5.41) is 0. The third-order valence-electron chi connectivity index (χ3n) is 3.01. The molecule has 118 valence electrons. The van der Waals surface area contributed by atoms with E-state index in [4.69, 9.17) is 4.74 Å². The minimum Gasteiger partial charge on any atom is -0.481 e. The number of sulfonamides is 1. The highest BCUT2D eigenvalue weighted by Gasteiger charge is 2.22. The molecule has 0 fully saturated rings. The molecule has 0 amide bonds. The van der Waals surface area contributed by atoms with Crippen molar-refractivity contribution in [3.8, 4) is 5.88 Å². The van der Waals surface area contributed by atoms with Crippen LogP contribution >= 0.6 is 0 Å². The van der Waals surface area contributed by atoms with Gasteiger partial charge in [-0.25, -0.2) is 17.2 Å². The second kappa shape index (κ2) is 6.27. The molecule has 0 aliphatic heterocycles. The number of hydrogen-bond acceptors (Lipinski definition) is 4. The van der Waals surface area contributed by atoms with Crippen molar-refractivity contribution >= 4 is 15.8 Å². The first-order chi connectivity index (χ1) is 10.3. The van der Waals surface area contributed by atoms with E-state index in [1.54, 1.807) is 12.1 Å². The van der Waals surface area contributed by atoms with Crippen LogP contribution in [0, 0.1) is 11.6 Å². The van der Waals surface area contributed by atoms with Gasteiger partial charge in [0.1, 0.15) is 17.5 Å². The lowest BCUT2D eigenvalue weighted by atomic mass is 10.2. The molecule has 0 aliphatic rings. The second-order valence-corrected chi connectivity index (χ2v) is 6.50. The predicted molar refractivity (Wildman–Crippen MR) is 78.2 cm³/mol. The highest BCUT2D eigenvalue weighted by Crippen LogP contribution is 2.21. The van der Waals surface area contributed by atoms with Crippen LogP contribution in [-0.4, -0.2) is 27.6 Å². The van der Waals surface area contributed by atoms with Crippen LogP contribution in [0.2, 0.25) is 0 Å². The number of ether oxygens (including phenoxy) is 1. The van der Waals surface area contributed by atoms with Gasteiger partial charge in [0.2, 0.25) is 15.9 Å². The number of hydrogen-bond donors (Lipinski definition) is 0. The quantitative estimate of drug-likeness (QED) is 0.845. The normalized spacial score (nSPS) is 11.3. The minimum absolute atomic E-state index is 0.115. The first-order valence-corrected chi connectivity index (χ1v) is 7.86. The summed E-state index contributed by atoms with van der Waals surface area (Å²) in [5.41, 5.74) is -0.115. The zero-order chi connectivity index (χ0) is 16.3. The highest BCUT2D eigenvalue weighted by molar-refractivity contribution is 7.92. The van der Waals surface area contributed by atoms with Crippen molar-refractivity contribution in [2.45, 2.75) is 5.75 Å². The van der Waals surface area contributed by atoms with Gasteiger partial charge in [-0.3, -0.25) is 4.31 Å². The molecule has 0 radical (unpaired) electrons.